The van der Waals surface area contributed by atoms with Crippen molar-refractivity contribution in [2.24, 2.45) is 0 Å². The van der Waals surface area contributed by atoms with E-state index in [2.05, 4.69) is 41.2 Å². The van der Waals surface area contributed by atoms with Crippen LogP contribution >= 0.6 is 23.2 Å². The second-order valence-corrected chi connectivity index (χ2v) is 15.3. The lowest BCUT2D eigenvalue weighted by atomic mass is 10.1. The Bertz CT molecular complexity index is 2480. The molecule has 0 radical (unpaired) electrons. The molecule has 6 amide bonds. The van der Waals surface area contributed by atoms with E-state index >= 15 is 0 Å². The highest BCUT2D eigenvalue weighted by molar-refractivity contribution is 6.30. The molecule has 2 aliphatic heterocycles. The number of hydrogen-bond donors (Lipinski definition) is 4. The molecule has 0 unspecified atom stereocenters. The van der Waals surface area contributed by atoms with Gasteiger partial charge in [0, 0.05) is 73.2 Å². The van der Waals surface area contributed by atoms with Gasteiger partial charge in [-0.25, -0.2) is 15.0 Å². The van der Waals surface area contributed by atoms with E-state index in [0.717, 1.165) is 37.1 Å². The molecule has 0 aliphatic carbocycles. The van der Waals surface area contributed by atoms with Crippen LogP contribution in [0, 0.1) is 0 Å². The van der Waals surface area contributed by atoms with Crippen LogP contribution in [0.1, 0.15) is 80.0 Å². The minimum atomic E-state index is -0.470. The summed E-state index contributed by atoms with van der Waals surface area (Å²) in [6.07, 6.45) is 12.0. The fraction of sp³-hybridized carbons (Fsp3) is 0.174. The van der Waals surface area contributed by atoms with Gasteiger partial charge in [0.25, 0.3) is 23.6 Å². The van der Waals surface area contributed by atoms with Gasteiger partial charge in [0.05, 0.1) is 33.1 Å². The Hall–Kier alpha value is -7.56. The van der Waals surface area contributed by atoms with Crippen LogP contribution in [0.2, 0.25) is 10.0 Å². The van der Waals surface area contributed by atoms with Crippen LogP contribution in [-0.2, 0) is 9.59 Å². The molecule has 16 nitrogen and oxygen atoms in total. The van der Waals surface area contributed by atoms with Crippen molar-refractivity contribution in [3.63, 3.8) is 0 Å². The molecule has 2 fully saturated rings. The van der Waals surface area contributed by atoms with Gasteiger partial charge < -0.3 is 31.1 Å². The Balaban J connectivity index is 0.000000191. The van der Waals surface area contributed by atoms with Crippen LogP contribution in [0.4, 0.5) is 34.5 Å². The Kier molecular flexibility index (Phi) is 14.6. The second-order valence-electron chi connectivity index (χ2n) is 14.5. The molecule has 4 aromatic heterocycles. The molecule has 6 aromatic rings. The summed E-state index contributed by atoms with van der Waals surface area (Å²) in [6.45, 7) is 1.36. The summed E-state index contributed by atoms with van der Waals surface area (Å²) < 4.78 is 0. The molecule has 64 heavy (non-hydrogen) atoms. The lowest BCUT2D eigenvalue weighted by Gasteiger charge is -2.26. The quantitative estimate of drug-likeness (QED) is 0.103. The Morgan fingerprint density at radius 3 is 1.52 bits per heavy atom. The number of rotatable bonds is 10. The van der Waals surface area contributed by atoms with E-state index in [-0.39, 0.29) is 34.4 Å². The minimum Gasteiger partial charge on any atom is -0.320 e. The van der Waals surface area contributed by atoms with Gasteiger partial charge in [0.1, 0.15) is 17.5 Å². The van der Waals surface area contributed by atoms with Crippen molar-refractivity contribution < 1.29 is 28.8 Å². The van der Waals surface area contributed by atoms with Crippen LogP contribution in [-0.4, -0.2) is 68.5 Å². The van der Waals surface area contributed by atoms with Crippen molar-refractivity contribution in [1.82, 2.24) is 19.9 Å². The predicted molar refractivity (Wildman–Crippen MR) is 244 cm³/mol. The Labute approximate surface area is 377 Å². The van der Waals surface area contributed by atoms with Gasteiger partial charge in [-0.2, -0.15) is 0 Å². The molecule has 324 valence electrons. The first-order valence-electron chi connectivity index (χ1n) is 20.2. The van der Waals surface area contributed by atoms with Crippen molar-refractivity contribution in [1.29, 1.82) is 0 Å². The van der Waals surface area contributed by atoms with Crippen molar-refractivity contribution in [2.75, 3.05) is 44.2 Å². The standard InChI is InChI=1S/2C23H20ClN5O3/c24-16-8-11-19(26-14-16)27-23(32)18-4-3-12-25-21(18)28-22(31)15-6-9-17(10-7-15)29-13-2-1-5-20(29)30;24-16-6-9-20(26-13-16)28-23(32)18-10-11-25-14-19(18)27-22(31)15-4-7-17(8-5-15)29-12-2-1-3-21(29)30/h3-4,6-12,14H,1-2,5,13H2,(H,25,28,31)(H,26,27,32);4-11,13-14H,1-3,12H2,(H,27,31)(H,26,28,32). The van der Waals surface area contributed by atoms with E-state index in [4.69, 9.17) is 23.2 Å². The summed E-state index contributed by atoms with van der Waals surface area (Å²) in [4.78, 5) is 94.7. The summed E-state index contributed by atoms with van der Waals surface area (Å²) >= 11 is 11.6. The molecule has 0 bridgehead atoms. The number of aromatic nitrogens is 4. The number of anilines is 6. The van der Waals surface area contributed by atoms with Gasteiger partial charge in [-0.1, -0.05) is 23.2 Å². The van der Waals surface area contributed by atoms with E-state index in [1.165, 1.54) is 37.1 Å². The van der Waals surface area contributed by atoms with Gasteiger partial charge in [0.15, 0.2) is 0 Å². The zero-order chi connectivity index (χ0) is 45.0. The predicted octanol–water partition coefficient (Wildman–Crippen LogP) is 8.30. The smallest absolute Gasteiger partial charge is 0.260 e. The number of nitrogens with one attached hydrogen (secondary N) is 4. The number of hydrogen-bond acceptors (Lipinski definition) is 10. The maximum Gasteiger partial charge on any atom is 0.260 e. The zero-order valence-corrected chi connectivity index (χ0v) is 35.6. The average Bonchev–Trinajstić information content (AvgIpc) is 3.31. The SMILES string of the molecule is O=C(Nc1cnccc1C(=O)Nc1ccc(Cl)cn1)c1ccc(N2CCCCC2=O)cc1.O=C(Nc1ncccc1C(=O)Nc1ccc(Cl)cn1)c1ccc(N2CCCCC2=O)cc1. The molecule has 0 saturated carbocycles. The van der Waals surface area contributed by atoms with Crippen LogP contribution in [0.15, 0.2) is 122 Å². The third-order valence-electron chi connectivity index (χ3n) is 10.1. The summed E-state index contributed by atoms with van der Waals surface area (Å²) in [5, 5.41) is 11.6. The molecular weight excluding hydrogens is 859 g/mol. The average molecular weight is 900 g/mol. The monoisotopic (exact) mass is 898 g/mol. The van der Waals surface area contributed by atoms with Crippen molar-refractivity contribution in [3.05, 3.63) is 154 Å². The maximum absolute atomic E-state index is 12.8. The lowest BCUT2D eigenvalue weighted by Crippen LogP contribution is -2.35. The molecule has 2 aromatic carbocycles. The molecule has 2 aliphatic rings. The number of piperidine rings is 2. The van der Waals surface area contributed by atoms with E-state index in [1.54, 1.807) is 94.7 Å². The number of carbonyl (C=O) groups excluding carboxylic acids is 6. The van der Waals surface area contributed by atoms with E-state index in [0.29, 0.717) is 58.7 Å². The maximum atomic E-state index is 12.8. The molecule has 2 saturated heterocycles. The number of halogens is 2. The molecule has 4 N–H and O–H groups in total. The zero-order valence-electron chi connectivity index (χ0n) is 34.1. The molecule has 6 heterocycles. The topological polar surface area (TPSA) is 209 Å². The van der Waals surface area contributed by atoms with Crippen LogP contribution in [0.25, 0.3) is 0 Å². The van der Waals surface area contributed by atoms with Gasteiger partial charge in [-0.05, 0) is 117 Å². The van der Waals surface area contributed by atoms with Gasteiger partial charge >= 0.3 is 0 Å². The highest BCUT2D eigenvalue weighted by Gasteiger charge is 2.22. The number of pyridine rings is 4. The van der Waals surface area contributed by atoms with Crippen LogP contribution < -0.4 is 31.1 Å². The first-order valence-corrected chi connectivity index (χ1v) is 21.0. The van der Waals surface area contributed by atoms with E-state index in [9.17, 15) is 28.8 Å². The molecule has 18 heteroatoms. The first kappa shape index (κ1) is 44.5. The molecule has 0 spiro atoms. The third kappa shape index (κ3) is 11.5. The minimum absolute atomic E-state index is 0.0905. The fourth-order valence-electron chi connectivity index (χ4n) is 6.76. The normalized spacial score (nSPS) is 13.5. The highest BCUT2D eigenvalue weighted by Crippen LogP contribution is 2.25. The molecule has 8 rings (SSSR count). The van der Waals surface area contributed by atoms with Crippen LogP contribution in [0.5, 0.6) is 0 Å². The summed E-state index contributed by atoms with van der Waals surface area (Å²) in [5.41, 5.74) is 3.00. The number of nitrogens with zero attached hydrogens (tertiary/aromatic N) is 6. The van der Waals surface area contributed by atoms with E-state index < -0.39 is 23.6 Å². The van der Waals surface area contributed by atoms with Crippen molar-refractivity contribution in [2.45, 2.75) is 38.5 Å². The van der Waals surface area contributed by atoms with Crippen molar-refractivity contribution in [3.8, 4) is 0 Å². The summed E-state index contributed by atoms with van der Waals surface area (Å²) in [5.74, 6) is -0.771. The molecular formula is C46H40Cl2N10O6. The third-order valence-corrected chi connectivity index (χ3v) is 10.5. The van der Waals surface area contributed by atoms with E-state index in [1.807, 2.05) is 0 Å². The largest absolute Gasteiger partial charge is 0.320 e. The summed E-state index contributed by atoms with van der Waals surface area (Å²) in [6, 6.07) is 24.6. The van der Waals surface area contributed by atoms with Crippen LogP contribution in [0.3, 0.4) is 0 Å². The fourth-order valence-corrected chi connectivity index (χ4v) is 6.99. The first-order chi connectivity index (χ1) is 31.0. The Morgan fingerprint density at radius 1 is 0.500 bits per heavy atom. The van der Waals surface area contributed by atoms with Crippen molar-refractivity contribution >= 4 is 93.2 Å². The Morgan fingerprint density at radius 2 is 1.02 bits per heavy atom. The highest BCUT2D eigenvalue weighted by atomic mass is 35.5. The van der Waals surface area contributed by atoms with Gasteiger partial charge in [0.2, 0.25) is 11.8 Å². The lowest BCUT2D eigenvalue weighted by molar-refractivity contribution is -0.120. The van der Waals surface area contributed by atoms with Gasteiger partial charge in [-0.3, -0.25) is 33.8 Å². The number of carbonyl (C=O) groups is 6. The number of amides is 6. The number of benzene rings is 2. The molecule has 0 atom stereocenters. The second kappa shape index (κ2) is 21.0. The summed E-state index contributed by atoms with van der Waals surface area (Å²) in [7, 11) is 0. The van der Waals surface area contributed by atoms with Gasteiger partial charge in [-0.15, -0.1) is 0 Å².